The summed E-state index contributed by atoms with van der Waals surface area (Å²) in [6.45, 7) is 4.30. The summed E-state index contributed by atoms with van der Waals surface area (Å²) in [6, 6.07) is 0.840. The van der Waals surface area contributed by atoms with Crippen LogP contribution in [0.25, 0.3) is 0 Å². The van der Waals surface area contributed by atoms with Crippen LogP contribution < -0.4 is 10.6 Å². The summed E-state index contributed by atoms with van der Waals surface area (Å²) >= 11 is 0. The molecule has 4 heteroatoms. The van der Waals surface area contributed by atoms with Crippen LogP contribution in [0.15, 0.2) is 0 Å². The topological polar surface area (TPSA) is 44.4 Å². The van der Waals surface area contributed by atoms with Crippen molar-refractivity contribution in [3.8, 4) is 0 Å². The van der Waals surface area contributed by atoms with Gasteiger partial charge in [-0.1, -0.05) is 0 Å². The lowest BCUT2D eigenvalue weighted by molar-refractivity contribution is -0.126. The number of hydrogen-bond acceptors (Lipinski definition) is 3. The third kappa shape index (κ3) is 3.48. The van der Waals surface area contributed by atoms with Gasteiger partial charge >= 0.3 is 0 Å². The van der Waals surface area contributed by atoms with Gasteiger partial charge in [0, 0.05) is 19.1 Å². The fourth-order valence-electron chi connectivity index (χ4n) is 3.55. The highest BCUT2D eigenvalue weighted by Crippen LogP contribution is 2.32. The monoisotopic (exact) mass is 265 g/mol. The third-order valence-electron chi connectivity index (χ3n) is 4.79. The Kier molecular flexibility index (Phi) is 4.38. The zero-order valence-corrected chi connectivity index (χ0v) is 11.9. The van der Waals surface area contributed by atoms with Gasteiger partial charge in [-0.05, 0) is 64.0 Å². The van der Waals surface area contributed by atoms with Crippen LogP contribution in [-0.2, 0) is 4.79 Å². The van der Waals surface area contributed by atoms with Crippen LogP contribution in [0.5, 0.6) is 0 Å². The molecule has 0 aromatic carbocycles. The molecular weight excluding hydrogens is 238 g/mol. The average molecular weight is 265 g/mol. The van der Waals surface area contributed by atoms with Crippen LogP contribution in [0.4, 0.5) is 0 Å². The molecule has 2 N–H and O–H groups in total. The Balaban J connectivity index is 1.63. The van der Waals surface area contributed by atoms with Crippen LogP contribution >= 0.6 is 0 Å². The Labute approximate surface area is 116 Å². The predicted molar refractivity (Wildman–Crippen MR) is 76.0 cm³/mol. The Bertz CT molecular complexity index is 311. The molecule has 1 saturated carbocycles. The van der Waals surface area contributed by atoms with Crippen molar-refractivity contribution in [3.05, 3.63) is 0 Å². The fraction of sp³-hybridized carbons (Fsp3) is 0.933. The molecular formula is C15H27N3O. The number of carbonyl (C=O) groups is 1. The van der Waals surface area contributed by atoms with E-state index < -0.39 is 0 Å². The summed E-state index contributed by atoms with van der Waals surface area (Å²) in [6.07, 6.45) is 8.60. The Morgan fingerprint density at radius 3 is 2.68 bits per heavy atom. The number of amides is 1. The molecule has 2 aliphatic heterocycles. The van der Waals surface area contributed by atoms with Crippen molar-refractivity contribution in [1.82, 2.24) is 15.5 Å². The zero-order chi connectivity index (χ0) is 13.1. The van der Waals surface area contributed by atoms with Crippen molar-refractivity contribution in [2.75, 3.05) is 26.2 Å². The molecule has 2 heterocycles. The van der Waals surface area contributed by atoms with Gasteiger partial charge in [0.05, 0.1) is 6.04 Å². The Morgan fingerprint density at radius 1 is 1.05 bits per heavy atom. The van der Waals surface area contributed by atoms with E-state index in [9.17, 15) is 4.79 Å². The summed E-state index contributed by atoms with van der Waals surface area (Å²) in [5.41, 5.74) is 0. The van der Waals surface area contributed by atoms with Gasteiger partial charge in [-0.25, -0.2) is 0 Å². The molecule has 0 aromatic rings. The molecule has 2 unspecified atom stereocenters. The highest BCUT2D eigenvalue weighted by atomic mass is 16.2. The maximum atomic E-state index is 12.3. The van der Waals surface area contributed by atoms with Crippen molar-refractivity contribution in [1.29, 1.82) is 0 Å². The number of hydrogen-bond donors (Lipinski definition) is 2. The van der Waals surface area contributed by atoms with Gasteiger partial charge in [0.15, 0.2) is 0 Å². The van der Waals surface area contributed by atoms with Crippen molar-refractivity contribution in [2.24, 2.45) is 5.92 Å². The van der Waals surface area contributed by atoms with Crippen LogP contribution in [0, 0.1) is 5.92 Å². The molecule has 0 spiro atoms. The van der Waals surface area contributed by atoms with E-state index in [0.717, 1.165) is 38.4 Å². The van der Waals surface area contributed by atoms with Crippen molar-refractivity contribution in [2.45, 2.75) is 57.0 Å². The van der Waals surface area contributed by atoms with E-state index in [4.69, 9.17) is 0 Å². The van der Waals surface area contributed by atoms with Gasteiger partial charge in [-0.2, -0.15) is 0 Å². The van der Waals surface area contributed by atoms with E-state index in [1.54, 1.807) is 0 Å². The Morgan fingerprint density at radius 2 is 1.95 bits per heavy atom. The highest BCUT2D eigenvalue weighted by molar-refractivity contribution is 5.82. The molecule has 19 heavy (non-hydrogen) atoms. The summed E-state index contributed by atoms with van der Waals surface area (Å²) < 4.78 is 0. The first-order valence-electron chi connectivity index (χ1n) is 8.09. The van der Waals surface area contributed by atoms with Gasteiger partial charge < -0.3 is 10.6 Å². The smallest absolute Gasteiger partial charge is 0.237 e. The SMILES string of the molecule is O=C1NCCCCC1N(CC1CCCNC1)C1CC1. The molecule has 1 aliphatic carbocycles. The molecule has 0 radical (unpaired) electrons. The standard InChI is InChI=1S/C15H27N3O/c19-15-14(5-1-2-9-17-15)18(13-6-7-13)11-12-4-3-8-16-10-12/h12-14,16H,1-11H2,(H,17,19). The molecule has 4 nitrogen and oxygen atoms in total. The van der Waals surface area contributed by atoms with Crippen LogP contribution in [0.2, 0.25) is 0 Å². The number of nitrogens with zero attached hydrogens (tertiary/aromatic N) is 1. The molecule has 3 rings (SSSR count). The largest absolute Gasteiger partial charge is 0.355 e. The van der Waals surface area contributed by atoms with E-state index >= 15 is 0 Å². The van der Waals surface area contributed by atoms with Crippen LogP contribution in [0.3, 0.4) is 0 Å². The molecule has 1 amide bonds. The summed E-state index contributed by atoms with van der Waals surface area (Å²) in [5.74, 6) is 1.03. The second-order valence-electron chi connectivity index (χ2n) is 6.44. The first kappa shape index (κ1) is 13.4. The lowest BCUT2D eigenvalue weighted by Crippen LogP contribution is -2.50. The molecule has 2 atom stereocenters. The first-order chi connectivity index (χ1) is 9.34. The van der Waals surface area contributed by atoms with Gasteiger partial charge in [0.25, 0.3) is 0 Å². The van der Waals surface area contributed by atoms with Gasteiger partial charge in [-0.15, -0.1) is 0 Å². The van der Waals surface area contributed by atoms with Crippen LogP contribution in [-0.4, -0.2) is 49.1 Å². The second-order valence-corrected chi connectivity index (χ2v) is 6.44. The fourth-order valence-corrected chi connectivity index (χ4v) is 3.55. The summed E-state index contributed by atoms with van der Waals surface area (Å²) in [5, 5.41) is 6.60. The number of rotatable bonds is 4. The molecule has 0 bridgehead atoms. The van der Waals surface area contributed by atoms with Crippen molar-refractivity contribution in [3.63, 3.8) is 0 Å². The normalized spacial score (nSPS) is 33.0. The first-order valence-corrected chi connectivity index (χ1v) is 8.09. The lowest BCUT2D eigenvalue weighted by atomic mass is 9.97. The van der Waals surface area contributed by atoms with Gasteiger partial charge in [0.1, 0.15) is 0 Å². The van der Waals surface area contributed by atoms with Gasteiger partial charge in [0.2, 0.25) is 5.91 Å². The highest BCUT2D eigenvalue weighted by Gasteiger charge is 2.38. The zero-order valence-electron chi connectivity index (χ0n) is 11.9. The number of nitrogens with one attached hydrogen (secondary N) is 2. The van der Waals surface area contributed by atoms with E-state index in [-0.39, 0.29) is 11.9 Å². The molecule has 2 saturated heterocycles. The Hall–Kier alpha value is -0.610. The minimum atomic E-state index is 0.150. The van der Waals surface area contributed by atoms with Crippen molar-refractivity contribution >= 4 is 5.91 Å². The predicted octanol–water partition coefficient (Wildman–Crippen LogP) is 1.12. The quantitative estimate of drug-likeness (QED) is 0.800. The summed E-state index contributed by atoms with van der Waals surface area (Å²) in [7, 11) is 0. The maximum absolute atomic E-state index is 12.3. The minimum absolute atomic E-state index is 0.150. The molecule has 3 aliphatic rings. The van der Waals surface area contributed by atoms with E-state index in [0.29, 0.717) is 6.04 Å². The average Bonchev–Trinajstić information content (AvgIpc) is 3.26. The van der Waals surface area contributed by atoms with E-state index in [1.807, 2.05) is 0 Å². The van der Waals surface area contributed by atoms with E-state index in [1.165, 1.54) is 38.6 Å². The summed E-state index contributed by atoms with van der Waals surface area (Å²) in [4.78, 5) is 14.8. The molecule has 3 fully saturated rings. The lowest BCUT2D eigenvalue weighted by Gasteiger charge is -2.34. The molecule has 0 aromatic heterocycles. The van der Waals surface area contributed by atoms with E-state index in [2.05, 4.69) is 15.5 Å². The van der Waals surface area contributed by atoms with Crippen LogP contribution in [0.1, 0.15) is 44.9 Å². The number of piperidine rings is 1. The second kappa shape index (κ2) is 6.23. The maximum Gasteiger partial charge on any atom is 0.237 e. The minimum Gasteiger partial charge on any atom is -0.355 e. The number of carbonyl (C=O) groups excluding carboxylic acids is 1. The van der Waals surface area contributed by atoms with Gasteiger partial charge in [-0.3, -0.25) is 9.69 Å². The third-order valence-corrected chi connectivity index (χ3v) is 4.79. The van der Waals surface area contributed by atoms with Crippen molar-refractivity contribution < 1.29 is 4.79 Å². The molecule has 108 valence electrons.